The Kier molecular flexibility index (Phi) is 6.10. The van der Waals surface area contributed by atoms with Gasteiger partial charge in [0.15, 0.2) is 0 Å². The van der Waals surface area contributed by atoms with Crippen molar-refractivity contribution in [1.29, 1.82) is 0 Å². The lowest BCUT2D eigenvalue weighted by molar-refractivity contribution is -0.122. The van der Waals surface area contributed by atoms with Crippen LogP contribution < -0.4 is 10.6 Å². The Morgan fingerprint density at radius 3 is 2.50 bits per heavy atom. The number of nitrogens with one attached hydrogen (secondary N) is 2. The molecule has 0 aliphatic rings. The van der Waals surface area contributed by atoms with E-state index in [4.69, 9.17) is 0 Å². The van der Waals surface area contributed by atoms with Crippen molar-refractivity contribution in [3.05, 3.63) is 66.0 Å². The summed E-state index contributed by atoms with van der Waals surface area (Å²) in [5.41, 5.74) is 2.16. The lowest BCUT2D eigenvalue weighted by Gasteiger charge is -2.20. The van der Waals surface area contributed by atoms with E-state index in [2.05, 4.69) is 34.7 Å². The largest absolute Gasteiger partial charge is 0.354 e. The van der Waals surface area contributed by atoms with Gasteiger partial charge in [-0.1, -0.05) is 36.4 Å². The highest BCUT2D eigenvalue weighted by Gasteiger charge is 2.15. The van der Waals surface area contributed by atoms with Gasteiger partial charge >= 0.3 is 0 Å². The monoisotopic (exact) mass is 297 g/mol. The van der Waals surface area contributed by atoms with Gasteiger partial charge in [0.05, 0.1) is 6.04 Å². The molecule has 0 radical (unpaired) electrons. The van der Waals surface area contributed by atoms with Crippen LogP contribution in [0, 0.1) is 0 Å². The Morgan fingerprint density at radius 1 is 1.09 bits per heavy atom. The Morgan fingerprint density at radius 2 is 1.82 bits per heavy atom. The molecule has 2 N–H and O–H groups in total. The van der Waals surface area contributed by atoms with E-state index in [0.717, 1.165) is 12.1 Å². The van der Waals surface area contributed by atoms with Gasteiger partial charge in [0, 0.05) is 30.9 Å². The highest BCUT2D eigenvalue weighted by Crippen LogP contribution is 2.11. The van der Waals surface area contributed by atoms with E-state index in [1.165, 1.54) is 5.56 Å². The number of nitrogens with zero attached hydrogens (tertiary/aromatic N) is 1. The van der Waals surface area contributed by atoms with Crippen LogP contribution >= 0.6 is 0 Å². The Hall–Kier alpha value is -2.20. The van der Waals surface area contributed by atoms with Crippen LogP contribution in [0.5, 0.6) is 0 Å². The average molecular weight is 297 g/mol. The first-order valence-corrected chi connectivity index (χ1v) is 7.65. The van der Waals surface area contributed by atoms with Gasteiger partial charge in [-0.3, -0.25) is 15.1 Å². The minimum atomic E-state index is -0.237. The molecule has 0 bridgehead atoms. The van der Waals surface area contributed by atoms with Crippen LogP contribution in [0.4, 0.5) is 0 Å². The predicted octanol–water partition coefficient (Wildman–Crippen LogP) is 2.48. The maximum atomic E-state index is 12.1. The summed E-state index contributed by atoms with van der Waals surface area (Å²) in [5.74, 6) is 0.0127. The third-order valence-electron chi connectivity index (χ3n) is 3.60. The van der Waals surface area contributed by atoms with Crippen LogP contribution in [0.1, 0.15) is 31.1 Å². The number of amides is 1. The Balaban J connectivity index is 1.75. The molecule has 0 aliphatic carbocycles. The first-order chi connectivity index (χ1) is 10.7. The zero-order valence-electron chi connectivity index (χ0n) is 13.1. The number of rotatable bonds is 7. The first kappa shape index (κ1) is 16.2. The van der Waals surface area contributed by atoms with E-state index in [1.54, 1.807) is 6.20 Å². The van der Waals surface area contributed by atoms with Crippen LogP contribution in [0.3, 0.4) is 0 Å². The molecule has 116 valence electrons. The molecule has 1 aromatic carbocycles. The summed E-state index contributed by atoms with van der Waals surface area (Å²) >= 11 is 0. The van der Waals surface area contributed by atoms with Gasteiger partial charge in [-0.15, -0.1) is 0 Å². The molecule has 0 aliphatic heterocycles. The SMILES string of the molecule is CC(NC(C)c1ccccc1)C(=O)NCCc1ccccn1. The van der Waals surface area contributed by atoms with E-state index < -0.39 is 0 Å². The molecule has 4 heteroatoms. The minimum absolute atomic E-state index is 0.0127. The second-order valence-corrected chi connectivity index (χ2v) is 5.38. The number of hydrogen-bond acceptors (Lipinski definition) is 3. The van der Waals surface area contributed by atoms with Crippen LogP contribution in [0.15, 0.2) is 54.7 Å². The second kappa shape index (κ2) is 8.29. The number of carbonyl (C=O) groups is 1. The van der Waals surface area contributed by atoms with Crippen molar-refractivity contribution in [3.8, 4) is 0 Å². The lowest BCUT2D eigenvalue weighted by Crippen LogP contribution is -2.43. The fourth-order valence-electron chi connectivity index (χ4n) is 2.30. The molecule has 1 aromatic heterocycles. The van der Waals surface area contributed by atoms with Crippen molar-refractivity contribution in [2.24, 2.45) is 0 Å². The maximum Gasteiger partial charge on any atom is 0.236 e. The minimum Gasteiger partial charge on any atom is -0.354 e. The van der Waals surface area contributed by atoms with Gasteiger partial charge in [0.25, 0.3) is 0 Å². The summed E-state index contributed by atoms with van der Waals surface area (Å²) in [5, 5.41) is 6.26. The summed E-state index contributed by atoms with van der Waals surface area (Å²) < 4.78 is 0. The fraction of sp³-hybridized carbons (Fsp3) is 0.333. The molecular weight excluding hydrogens is 274 g/mol. The maximum absolute atomic E-state index is 12.1. The zero-order valence-corrected chi connectivity index (χ0v) is 13.1. The van der Waals surface area contributed by atoms with Crippen molar-refractivity contribution >= 4 is 5.91 Å². The van der Waals surface area contributed by atoms with Crippen molar-refractivity contribution in [2.75, 3.05) is 6.54 Å². The molecule has 0 saturated heterocycles. The first-order valence-electron chi connectivity index (χ1n) is 7.65. The van der Waals surface area contributed by atoms with Gasteiger partial charge in [0.1, 0.15) is 0 Å². The summed E-state index contributed by atoms with van der Waals surface area (Å²) in [4.78, 5) is 16.3. The molecule has 1 amide bonds. The van der Waals surface area contributed by atoms with Crippen molar-refractivity contribution in [3.63, 3.8) is 0 Å². The third kappa shape index (κ3) is 4.97. The molecular formula is C18H23N3O. The molecule has 0 spiro atoms. The molecule has 22 heavy (non-hydrogen) atoms. The molecule has 2 rings (SSSR count). The number of carbonyl (C=O) groups excluding carboxylic acids is 1. The molecule has 0 saturated carbocycles. The normalized spacial score (nSPS) is 13.4. The van der Waals surface area contributed by atoms with E-state index in [1.807, 2.05) is 43.3 Å². The highest BCUT2D eigenvalue weighted by atomic mass is 16.2. The summed E-state index contributed by atoms with van der Waals surface area (Å²) in [6.07, 6.45) is 2.51. The fourth-order valence-corrected chi connectivity index (χ4v) is 2.30. The van der Waals surface area contributed by atoms with Crippen molar-refractivity contribution in [1.82, 2.24) is 15.6 Å². The number of pyridine rings is 1. The van der Waals surface area contributed by atoms with Gasteiger partial charge in [-0.25, -0.2) is 0 Å². The van der Waals surface area contributed by atoms with Crippen LogP contribution in [0.2, 0.25) is 0 Å². The summed E-state index contributed by atoms with van der Waals surface area (Å²) in [6.45, 7) is 4.55. The molecule has 4 nitrogen and oxygen atoms in total. The van der Waals surface area contributed by atoms with Crippen LogP contribution in [-0.2, 0) is 11.2 Å². The Bertz CT molecular complexity index is 571. The van der Waals surface area contributed by atoms with Gasteiger partial charge < -0.3 is 5.32 Å². The number of aromatic nitrogens is 1. The summed E-state index contributed by atoms with van der Waals surface area (Å²) in [7, 11) is 0. The van der Waals surface area contributed by atoms with E-state index in [9.17, 15) is 4.79 Å². The number of benzene rings is 1. The highest BCUT2D eigenvalue weighted by molar-refractivity contribution is 5.81. The quantitative estimate of drug-likeness (QED) is 0.825. The zero-order chi connectivity index (χ0) is 15.8. The van der Waals surface area contributed by atoms with Crippen LogP contribution in [-0.4, -0.2) is 23.5 Å². The lowest BCUT2D eigenvalue weighted by atomic mass is 10.1. The van der Waals surface area contributed by atoms with E-state index >= 15 is 0 Å². The molecule has 1 heterocycles. The summed E-state index contributed by atoms with van der Waals surface area (Å²) in [6, 6.07) is 15.8. The molecule has 2 atom stereocenters. The van der Waals surface area contributed by atoms with E-state index in [-0.39, 0.29) is 18.0 Å². The second-order valence-electron chi connectivity index (χ2n) is 5.38. The average Bonchev–Trinajstić information content (AvgIpc) is 2.56. The van der Waals surface area contributed by atoms with Gasteiger partial charge in [0.2, 0.25) is 5.91 Å². The molecule has 2 aromatic rings. The third-order valence-corrected chi connectivity index (χ3v) is 3.60. The topological polar surface area (TPSA) is 54.0 Å². The van der Waals surface area contributed by atoms with Crippen molar-refractivity contribution < 1.29 is 4.79 Å². The number of hydrogen-bond donors (Lipinski definition) is 2. The van der Waals surface area contributed by atoms with Gasteiger partial charge in [-0.05, 0) is 31.5 Å². The van der Waals surface area contributed by atoms with Gasteiger partial charge in [-0.2, -0.15) is 0 Å². The predicted molar refractivity (Wildman–Crippen MR) is 88.4 cm³/mol. The smallest absolute Gasteiger partial charge is 0.236 e. The molecule has 2 unspecified atom stereocenters. The van der Waals surface area contributed by atoms with Crippen molar-refractivity contribution in [2.45, 2.75) is 32.4 Å². The van der Waals surface area contributed by atoms with Crippen LogP contribution in [0.25, 0.3) is 0 Å². The standard InChI is InChI=1S/C18H23N3O/c1-14(16-8-4-3-5-9-16)21-15(2)18(22)20-13-11-17-10-6-7-12-19-17/h3-10,12,14-15,21H,11,13H2,1-2H3,(H,20,22). The molecule has 0 fully saturated rings. The Labute approximate surface area is 132 Å². The van der Waals surface area contributed by atoms with E-state index in [0.29, 0.717) is 6.54 Å².